The Bertz CT molecular complexity index is 2810. The van der Waals surface area contributed by atoms with Crippen molar-refractivity contribution in [2.45, 2.75) is 96.5 Å². The predicted octanol–water partition coefficient (Wildman–Crippen LogP) is 6.81. The number of hydrogen-bond donors (Lipinski definition) is 3. The van der Waals surface area contributed by atoms with E-state index in [2.05, 4.69) is 86.3 Å². The molecule has 0 radical (unpaired) electrons. The summed E-state index contributed by atoms with van der Waals surface area (Å²) in [7, 11) is 0. The van der Waals surface area contributed by atoms with Crippen molar-refractivity contribution >= 4 is 41.0 Å². The molecule has 1 saturated carbocycles. The average Bonchev–Trinajstić information content (AvgIpc) is 4.34. The molecule has 2 saturated heterocycles. The van der Waals surface area contributed by atoms with E-state index in [4.69, 9.17) is 47.9 Å². The number of nitrogens with one attached hydrogen (secondary N) is 2. The molecule has 3 atom stereocenters. The Labute approximate surface area is 493 Å². The SMILES string of the molecule is C=CC(=O)N1CCN([C@@H](CC2CC2)c2ccc([C@H](C)Nc3ncc4c(n3)N(CCOCCOCCOCCOCCOCCOCCOc3ccc(CNc5cc(N6CCCC[C@H]6CCO)nc6c(CC)cnn56)cn3)C(=O)OC4)cc2)CC1. The van der Waals surface area contributed by atoms with E-state index in [1.165, 1.54) is 35.8 Å². The molecule has 9 rings (SSSR count). The van der Waals surface area contributed by atoms with Crippen LogP contribution in [0.5, 0.6) is 5.88 Å². The van der Waals surface area contributed by atoms with E-state index < -0.39 is 6.09 Å². The number of carbonyl (C=O) groups excluding carboxylic acids is 2. The van der Waals surface area contributed by atoms with Gasteiger partial charge in [0.1, 0.15) is 30.7 Å². The molecule has 4 aromatic heterocycles. The van der Waals surface area contributed by atoms with Crippen LogP contribution in [0, 0.1) is 5.92 Å². The molecule has 0 unspecified atom stereocenters. The summed E-state index contributed by atoms with van der Waals surface area (Å²) in [6, 6.07) is 15.2. The Balaban J connectivity index is 0.566. The number of hydrogen-bond acceptors (Lipinski definition) is 20. The Hall–Kier alpha value is -6.57. The van der Waals surface area contributed by atoms with Crippen LogP contribution in [0.3, 0.4) is 0 Å². The van der Waals surface area contributed by atoms with Crippen LogP contribution in [0.2, 0.25) is 0 Å². The Morgan fingerprint density at radius 3 is 2.12 bits per heavy atom. The smallest absolute Gasteiger partial charge is 0.415 e. The Kier molecular flexibility index (Phi) is 24.1. The zero-order valence-corrected chi connectivity index (χ0v) is 49.1. The van der Waals surface area contributed by atoms with E-state index in [1.807, 2.05) is 27.7 Å². The van der Waals surface area contributed by atoms with Gasteiger partial charge in [0.15, 0.2) is 5.65 Å². The minimum Gasteiger partial charge on any atom is -0.475 e. The summed E-state index contributed by atoms with van der Waals surface area (Å²) >= 11 is 0. The second kappa shape index (κ2) is 32.6. The second-order valence-corrected chi connectivity index (χ2v) is 21.5. The maximum atomic E-state index is 12.9. The summed E-state index contributed by atoms with van der Waals surface area (Å²) in [5, 5.41) is 21.3. The fourth-order valence-electron chi connectivity index (χ4n) is 10.8. The van der Waals surface area contributed by atoms with Gasteiger partial charge in [-0.1, -0.05) is 56.7 Å². The van der Waals surface area contributed by atoms with Crippen LogP contribution < -0.4 is 25.2 Å². The summed E-state index contributed by atoms with van der Waals surface area (Å²) in [5.41, 5.74) is 6.06. The number of aliphatic hydroxyl groups is 1. The molecule has 23 heteroatoms. The van der Waals surface area contributed by atoms with E-state index >= 15 is 0 Å². The molecule has 5 aromatic rings. The van der Waals surface area contributed by atoms with Gasteiger partial charge >= 0.3 is 6.09 Å². The molecule has 4 aliphatic rings. The number of aliphatic hydroxyl groups excluding tert-OH is 1. The number of anilines is 4. The molecule has 84 heavy (non-hydrogen) atoms. The van der Waals surface area contributed by atoms with Crippen molar-refractivity contribution in [1.29, 1.82) is 0 Å². The lowest BCUT2D eigenvalue weighted by molar-refractivity contribution is -0.128. The average molecular weight is 1160 g/mol. The normalized spacial score (nSPS) is 17.2. The zero-order valence-electron chi connectivity index (χ0n) is 49.1. The first-order valence-electron chi connectivity index (χ1n) is 30.1. The van der Waals surface area contributed by atoms with Crippen LogP contribution in [0.4, 0.5) is 28.2 Å². The van der Waals surface area contributed by atoms with Crippen LogP contribution in [0.25, 0.3) is 5.65 Å². The molecule has 456 valence electrons. The minimum absolute atomic E-state index is 0.00316. The molecule has 3 N–H and O–H groups in total. The second-order valence-electron chi connectivity index (χ2n) is 21.5. The van der Waals surface area contributed by atoms with Crippen molar-refractivity contribution in [3.05, 3.63) is 102 Å². The number of nitrogens with zero attached hydrogens (tertiary/aromatic N) is 10. The summed E-state index contributed by atoms with van der Waals surface area (Å²) in [6.45, 7) is 18.2. The first-order chi connectivity index (χ1) is 41.3. The summed E-state index contributed by atoms with van der Waals surface area (Å²) in [6.07, 6.45) is 14.9. The summed E-state index contributed by atoms with van der Waals surface area (Å²) in [5.74, 6) is 3.99. The van der Waals surface area contributed by atoms with Crippen molar-refractivity contribution in [3.8, 4) is 5.88 Å². The lowest BCUT2D eigenvalue weighted by Gasteiger charge is -2.39. The van der Waals surface area contributed by atoms with Crippen molar-refractivity contribution in [3.63, 3.8) is 0 Å². The number of piperazine rings is 1. The van der Waals surface area contributed by atoms with Gasteiger partial charge < -0.3 is 63.4 Å². The minimum atomic E-state index is -0.480. The number of rotatable bonds is 37. The van der Waals surface area contributed by atoms with E-state index in [1.54, 1.807) is 12.4 Å². The number of aryl methyl sites for hydroxylation is 1. The maximum absolute atomic E-state index is 12.9. The molecular formula is C61H86N12O11. The highest BCUT2D eigenvalue weighted by atomic mass is 16.6. The highest BCUT2D eigenvalue weighted by molar-refractivity contribution is 5.89. The van der Waals surface area contributed by atoms with Crippen LogP contribution >= 0.6 is 0 Å². The third-order valence-electron chi connectivity index (χ3n) is 15.7. The Morgan fingerprint density at radius 2 is 1.48 bits per heavy atom. The van der Waals surface area contributed by atoms with Crippen molar-refractivity contribution in [1.82, 2.24) is 39.3 Å². The molecule has 2 amide bonds. The number of benzene rings is 1. The van der Waals surface area contributed by atoms with Gasteiger partial charge in [0, 0.05) is 88.0 Å². The van der Waals surface area contributed by atoms with Gasteiger partial charge in [0.05, 0.1) is 104 Å². The van der Waals surface area contributed by atoms with Crippen LogP contribution in [-0.4, -0.2) is 194 Å². The lowest BCUT2D eigenvalue weighted by atomic mass is 9.96. The van der Waals surface area contributed by atoms with Crippen LogP contribution in [-0.2, 0) is 57.5 Å². The van der Waals surface area contributed by atoms with Crippen LogP contribution in [0.1, 0.15) is 98.7 Å². The number of cyclic esters (lactones) is 1. The standard InChI is InChI=1S/C61H86N12O11/c1-4-48-43-65-73-54(39-55(67-59(48)73)71-18-7-6-8-52(71)17-24-74)62-40-47-11-16-56(63-41-47)83-37-36-82-35-34-81-33-32-80-31-30-79-29-28-78-27-26-77-25-23-72-58-51(44-84-61(72)76)42-64-60(68-58)66-45(3)49-12-14-50(15-13-49)53(38-46-9-10-46)69-19-21-70(22-20-69)57(75)5-2/h5,11-16,39,41-43,45-46,52-53,62,74H,2,4,6-10,17-38,40,44H2,1,3H3,(H,64,66,68)/t45-,52-,53-/m0/s1. The topological polar surface area (TPSA) is 234 Å². The number of piperidine rings is 1. The van der Waals surface area contributed by atoms with Crippen LogP contribution in [0.15, 0.2) is 73.7 Å². The van der Waals surface area contributed by atoms with Gasteiger partial charge in [-0.15, -0.1) is 0 Å². The molecule has 0 bridgehead atoms. The van der Waals surface area contributed by atoms with Crippen molar-refractivity contribution in [2.24, 2.45) is 5.92 Å². The first-order valence-corrected chi connectivity index (χ1v) is 30.1. The fraction of sp³-hybridized carbons (Fsp3) is 0.590. The van der Waals surface area contributed by atoms with E-state index in [-0.39, 0.29) is 44.4 Å². The Morgan fingerprint density at radius 1 is 0.798 bits per heavy atom. The summed E-state index contributed by atoms with van der Waals surface area (Å²) in [4.78, 5) is 52.1. The molecule has 3 fully saturated rings. The van der Waals surface area contributed by atoms with Crippen molar-refractivity contribution in [2.75, 3.05) is 152 Å². The number of pyridine rings is 1. The van der Waals surface area contributed by atoms with Gasteiger partial charge in [0.2, 0.25) is 17.7 Å². The third kappa shape index (κ3) is 18.0. The maximum Gasteiger partial charge on any atom is 0.415 e. The molecule has 3 aliphatic heterocycles. The van der Waals surface area contributed by atoms with Gasteiger partial charge in [-0.3, -0.25) is 14.6 Å². The molecule has 1 aliphatic carbocycles. The molecule has 7 heterocycles. The fourth-order valence-corrected chi connectivity index (χ4v) is 10.8. The highest BCUT2D eigenvalue weighted by Crippen LogP contribution is 2.41. The van der Waals surface area contributed by atoms with Gasteiger partial charge in [-0.05, 0) is 74.1 Å². The predicted molar refractivity (Wildman–Crippen MR) is 318 cm³/mol. The molecule has 0 spiro atoms. The first kappa shape index (κ1) is 62.0. The van der Waals surface area contributed by atoms with Gasteiger partial charge in [-0.2, -0.15) is 14.6 Å². The number of carbonyl (C=O) groups is 2. The molecule has 1 aromatic carbocycles. The number of amides is 2. The molecule has 23 nitrogen and oxygen atoms in total. The lowest BCUT2D eigenvalue weighted by Crippen LogP contribution is -2.49. The van der Waals surface area contributed by atoms with E-state index in [0.29, 0.717) is 110 Å². The number of fused-ring (bicyclic) bond motifs is 2. The monoisotopic (exact) mass is 1160 g/mol. The van der Waals surface area contributed by atoms with E-state index in [9.17, 15) is 14.7 Å². The quantitative estimate of drug-likeness (QED) is 0.0274. The van der Waals surface area contributed by atoms with Gasteiger partial charge in [-0.25, -0.2) is 19.7 Å². The number of aromatic nitrogens is 6. The zero-order chi connectivity index (χ0) is 58.3. The third-order valence-corrected chi connectivity index (χ3v) is 15.7. The van der Waals surface area contributed by atoms with Gasteiger partial charge in [0.25, 0.3) is 0 Å². The largest absolute Gasteiger partial charge is 0.475 e. The van der Waals surface area contributed by atoms with Crippen molar-refractivity contribution < 1.29 is 52.6 Å². The number of ether oxygens (including phenoxy) is 8. The highest BCUT2D eigenvalue weighted by Gasteiger charge is 2.33. The molecular weight excluding hydrogens is 1080 g/mol. The van der Waals surface area contributed by atoms with E-state index in [0.717, 1.165) is 110 Å². The summed E-state index contributed by atoms with van der Waals surface area (Å²) < 4.78 is 47.1.